The van der Waals surface area contributed by atoms with Gasteiger partial charge in [-0.05, 0) is 12.1 Å². The molecule has 4 aromatic rings. The van der Waals surface area contributed by atoms with E-state index in [9.17, 15) is 0 Å². The molecule has 0 atom stereocenters. The summed E-state index contributed by atoms with van der Waals surface area (Å²) in [5, 5.41) is 0. The van der Waals surface area contributed by atoms with Crippen LogP contribution >= 0.6 is 19.3 Å². The molecule has 0 fully saturated rings. The average Bonchev–Trinajstić information content (AvgIpc) is 3.43. The molecule has 0 saturated heterocycles. The van der Waals surface area contributed by atoms with Crippen molar-refractivity contribution in [2.75, 3.05) is 14.2 Å². The normalized spacial score (nSPS) is 9.87. The van der Waals surface area contributed by atoms with Gasteiger partial charge in [0.15, 0.2) is 11.6 Å². The number of halogens is 2. The molecule has 8 nitrogen and oxygen atoms in total. The van der Waals surface area contributed by atoms with Gasteiger partial charge in [0.05, 0.1) is 14.2 Å². The molecule has 0 aliphatic heterocycles. The van der Waals surface area contributed by atoms with Gasteiger partial charge >= 0.3 is 34.7 Å². The molecule has 166 valence electrons. The second-order valence-corrected chi connectivity index (χ2v) is 9.61. The van der Waals surface area contributed by atoms with Crippen LogP contribution in [0.15, 0.2) is 61.4 Å². The van der Waals surface area contributed by atoms with E-state index in [-0.39, 0.29) is 0 Å². The second-order valence-electron chi connectivity index (χ2n) is 5.94. The Bertz CT molecular complexity index is 989. The predicted molar refractivity (Wildman–Crippen MR) is 118 cm³/mol. The summed E-state index contributed by atoms with van der Waals surface area (Å²) >= 11 is -0.639. The third kappa shape index (κ3) is 7.32. The first-order chi connectivity index (χ1) is 15.0. The van der Waals surface area contributed by atoms with Crippen LogP contribution in [0.1, 0.15) is 0 Å². The van der Waals surface area contributed by atoms with Crippen molar-refractivity contribution in [3.8, 4) is 34.5 Å². The molecule has 0 aromatic carbocycles. The molecule has 0 aliphatic carbocycles. The fourth-order valence-electron chi connectivity index (χ4n) is 2.55. The average molecular weight is 640 g/mol. The monoisotopic (exact) mass is 640 g/mol. The van der Waals surface area contributed by atoms with E-state index >= 15 is 0 Å². The molecular weight excluding hydrogens is 617 g/mol. The Morgan fingerprint density at radius 2 is 1.10 bits per heavy atom. The number of aryl methyl sites for hydroxylation is 2. The van der Waals surface area contributed by atoms with Gasteiger partial charge in [0.25, 0.3) is 0 Å². The summed E-state index contributed by atoms with van der Waals surface area (Å²) in [6.45, 7) is 0. The van der Waals surface area contributed by atoms with E-state index < -0.39 is 15.4 Å². The zero-order valence-electron chi connectivity index (χ0n) is 17.4. The van der Waals surface area contributed by atoms with Crippen LogP contribution in [0.5, 0.6) is 11.5 Å². The Kier molecular flexibility index (Phi) is 10.4. The van der Waals surface area contributed by atoms with Gasteiger partial charge in [-0.15, -0.1) is 0 Å². The summed E-state index contributed by atoms with van der Waals surface area (Å²) in [6.07, 6.45) is 10.7. The van der Waals surface area contributed by atoms with Crippen molar-refractivity contribution in [2.45, 2.75) is 0 Å². The maximum absolute atomic E-state index is 5.12. The topological polar surface area (TPSA) is 79.9 Å². The van der Waals surface area contributed by atoms with Crippen LogP contribution in [0.3, 0.4) is 0 Å². The zero-order valence-corrected chi connectivity index (χ0v) is 21.4. The number of nitrogens with zero attached hydrogens (tertiary/aromatic N) is 6. The van der Waals surface area contributed by atoms with Gasteiger partial charge in [-0.25, -0.2) is 9.97 Å². The number of methoxy groups -OCH3 is 2. The van der Waals surface area contributed by atoms with E-state index in [1.807, 2.05) is 59.9 Å². The Hall–Kier alpha value is -2.46. The van der Waals surface area contributed by atoms with Crippen LogP contribution in [0.25, 0.3) is 23.0 Å². The zero-order chi connectivity index (χ0) is 22.6. The van der Waals surface area contributed by atoms with E-state index in [0.717, 1.165) is 34.5 Å². The molecule has 0 unspecified atom stereocenters. The van der Waals surface area contributed by atoms with E-state index in [0.29, 0.717) is 0 Å². The molecule has 11 heteroatoms. The molecule has 0 radical (unpaired) electrons. The second kappa shape index (κ2) is 13.1. The third-order valence-corrected chi connectivity index (χ3v) is 4.03. The first kappa shape index (κ1) is 24.8. The first-order valence-electron chi connectivity index (χ1n) is 8.84. The Balaban J connectivity index is 0.000000196. The summed E-state index contributed by atoms with van der Waals surface area (Å²) in [6, 6.07) is 7.35. The molecule has 4 heterocycles. The van der Waals surface area contributed by atoms with Crippen molar-refractivity contribution >= 4 is 19.3 Å². The van der Waals surface area contributed by atoms with Crippen LogP contribution in [0.4, 0.5) is 0 Å². The van der Waals surface area contributed by atoms with Crippen molar-refractivity contribution in [3.63, 3.8) is 0 Å². The number of rotatable bonds is 4. The standard InChI is InChI=1S/2C10H11N3O.2ClH.Os/c2*1-13-6-5-12-10(13)9-7-8(14-2)3-4-11-9;;;/h2*3-7H,1-2H3;2*1H;/q;;;;+2/p-2. The van der Waals surface area contributed by atoms with Gasteiger partial charge in [-0.2, -0.15) is 0 Å². The molecule has 0 amide bonds. The minimum atomic E-state index is -0.639. The van der Waals surface area contributed by atoms with E-state index in [1.54, 1.807) is 39.0 Å². The predicted octanol–water partition coefficient (Wildman–Crippen LogP) is 4.36. The SMILES string of the molecule is COc1ccnc(-c2nccn2C)c1.COc1ccnc(-c2nccn2C)c1.[Cl][Os][Cl]. The number of pyridine rings is 2. The Labute approximate surface area is 197 Å². The summed E-state index contributed by atoms with van der Waals surface area (Å²) in [5.41, 5.74) is 1.63. The first-order valence-corrected chi connectivity index (χ1v) is 15.1. The molecule has 0 N–H and O–H groups in total. The Morgan fingerprint density at radius 3 is 1.39 bits per heavy atom. The molecule has 0 aliphatic rings. The van der Waals surface area contributed by atoms with Crippen LogP contribution in [-0.2, 0) is 29.5 Å². The number of imidazole rings is 2. The molecule has 31 heavy (non-hydrogen) atoms. The van der Waals surface area contributed by atoms with Crippen molar-refractivity contribution in [3.05, 3.63) is 61.4 Å². The van der Waals surface area contributed by atoms with Gasteiger partial charge in [0.2, 0.25) is 0 Å². The number of hydrogen-bond donors (Lipinski definition) is 0. The quantitative estimate of drug-likeness (QED) is 0.331. The fraction of sp³-hybridized carbons (Fsp3) is 0.200. The van der Waals surface area contributed by atoms with Crippen molar-refractivity contribution in [2.24, 2.45) is 14.1 Å². The molecule has 0 saturated carbocycles. The number of hydrogen-bond acceptors (Lipinski definition) is 6. The maximum atomic E-state index is 5.12. The van der Waals surface area contributed by atoms with E-state index in [1.165, 1.54) is 0 Å². The van der Waals surface area contributed by atoms with Crippen LogP contribution in [0, 0.1) is 0 Å². The van der Waals surface area contributed by atoms with E-state index in [4.69, 9.17) is 28.7 Å². The third-order valence-electron chi connectivity index (χ3n) is 4.03. The fourth-order valence-corrected chi connectivity index (χ4v) is 2.55. The van der Waals surface area contributed by atoms with Gasteiger partial charge in [-0.3, -0.25) is 9.97 Å². The van der Waals surface area contributed by atoms with Gasteiger partial charge in [-0.1, -0.05) is 0 Å². The number of ether oxygens (including phenoxy) is 2. The van der Waals surface area contributed by atoms with Gasteiger partial charge in [0.1, 0.15) is 22.9 Å². The molecule has 4 rings (SSSR count). The Morgan fingerprint density at radius 1 is 0.710 bits per heavy atom. The molecule has 0 spiro atoms. The van der Waals surface area contributed by atoms with E-state index in [2.05, 4.69) is 19.9 Å². The summed E-state index contributed by atoms with van der Waals surface area (Å²) in [5.74, 6) is 3.25. The van der Waals surface area contributed by atoms with Crippen molar-refractivity contribution < 1.29 is 24.9 Å². The summed E-state index contributed by atoms with van der Waals surface area (Å²) < 4.78 is 14.1. The van der Waals surface area contributed by atoms with Crippen molar-refractivity contribution in [1.82, 2.24) is 29.1 Å². The summed E-state index contributed by atoms with van der Waals surface area (Å²) in [7, 11) is 16.9. The molecular formula is C20H22Cl2N6O2Os. The van der Waals surface area contributed by atoms with Crippen LogP contribution in [0.2, 0.25) is 0 Å². The minimum absolute atomic E-state index is 0.639. The molecule has 0 bridgehead atoms. The van der Waals surface area contributed by atoms with Crippen LogP contribution in [-0.4, -0.2) is 43.3 Å². The summed E-state index contributed by atoms with van der Waals surface area (Å²) in [4.78, 5) is 16.9. The van der Waals surface area contributed by atoms with Gasteiger partial charge in [0, 0.05) is 63.4 Å². The van der Waals surface area contributed by atoms with Crippen molar-refractivity contribution in [1.29, 1.82) is 0 Å². The van der Waals surface area contributed by atoms with Gasteiger partial charge < -0.3 is 18.6 Å². The van der Waals surface area contributed by atoms with Crippen LogP contribution < -0.4 is 9.47 Å². The molecule has 4 aromatic heterocycles. The number of aromatic nitrogens is 6.